The van der Waals surface area contributed by atoms with Gasteiger partial charge in [-0.2, -0.15) is 0 Å². The van der Waals surface area contributed by atoms with Gasteiger partial charge in [-0.15, -0.1) is 11.3 Å². The molecular weight excluding hydrogens is 381 g/mol. The number of nitrogens with one attached hydrogen (secondary N) is 1. The highest BCUT2D eigenvalue weighted by molar-refractivity contribution is 14.1. The molecule has 0 aliphatic carbocycles. The summed E-state index contributed by atoms with van der Waals surface area (Å²) in [6, 6.07) is 9.08. The van der Waals surface area contributed by atoms with Crippen LogP contribution in [0.25, 0.3) is 0 Å². The van der Waals surface area contributed by atoms with E-state index in [1.54, 1.807) is 11.3 Å². The summed E-state index contributed by atoms with van der Waals surface area (Å²) < 4.78 is 7.28. The second-order valence-corrected chi connectivity index (χ2v) is 8.62. The monoisotopic (exact) mass is 399 g/mol. The van der Waals surface area contributed by atoms with Crippen LogP contribution in [-0.2, 0) is 6.42 Å². The van der Waals surface area contributed by atoms with Gasteiger partial charge >= 0.3 is 0 Å². The number of fused-ring (bicyclic) bond motifs is 1. The van der Waals surface area contributed by atoms with Gasteiger partial charge in [0.2, 0.25) is 0 Å². The summed E-state index contributed by atoms with van der Waals surface area (Å²) >= 11 is 4.16. The zero-order chi connectivity index (χ0) is 14.3. The van der Waals surface area contributed by atoms with Gasteiger partial charge in [0.25, 0.3) is 0 Å². The van der Waals surface area contributed by atoms with Gasteiger partial charge in [0.1, 0.15) is 11.4 Å². The van der Waals surface area contributed by atoms with Crippen molar-refractivity contribution >= 4 is 33.9 Å². The van der Waals surface area contributed by atoms with Crippen molar-refractivity contribution in [3.8, 4) is 5.75 Å². The van der Waals surface area contributed by atoms with Gasteiger partial charge in [0.15, 0.2) is 0 Å². The van der Waals surface area contributed by atoms with E-state index in [1.165, 1.54) is 19.6 Å². The first-order valence-corrected chi connectivity index (χ1v) is 8.67. The molecule has 4 heteroatoms. The maximum absolute atomic E-state index is 5.95. The van der Waals surface area contributed by atoms with Crippen LogP contribution in [0.3, 0.4) is 0 Å². The third-order valence-corrected chi connectivity index (χ3v) is 5.44. The molecule has 1 aliphatic heterocycles. The first-order chi connectivity index (χ1) is 9.48. The first kappa shape index (κ1) is 14.4. The summed E-state index contributed by atoms with van der Waals surface area (Å²) in [5, 5.41) is 5.66. The number of halogens is 1. The van der Waals surface area contributed by atoms with Crippen molar-refractivity contribution in [2.75, 3.05) is 7.05 Å². The van der Waals surface area contributed by atoms with E-state index >= 15 is 0 Å². The lowest BCUT2D eigenvalue weighted by Crippen LogP contribution is -2.24. The quantitative estimate of drug-likeness (QED) is 0.774. The lowest BCUT2D eigenvalue weighted by atomic mass is 9.96. The van der Waals surface area contributed by atoms with Crippen molar-refractivity contribution in [2.45, 2.75) is 31.9 Å². The topological polar surface area (TPSA) is 21.3 Å². The van der Waals surface area contributed by atoms with Gasteiger partial charge in [-0.25, -0.2) is 0 Å². The molecule has 0 saturated heterocycles. The third kappa shape index (κ3) is 2.73. The first-order valence-electron chi connectivity index (χ1n) is 6.71. The SMILES string of the molecule is CNC(c1csc(I)c1)c1ccc2c(c1)CC(C)(C)O2. The number of rotatable bonds is 3. The average Bonchev–Trinajstić information content (AvgIpc) is 2.91. The van der Waals surface area contributed by atoms with E-state index in [1.807, 2.05) is 7.05 Å². The van der Waals surface area contributed by atoms with Crippen molar-refractivity contribution in [1.29, 1.82) is 0 Å². The van der Waals surface area contributed by atoms with Crippen LogP contribution in [0, 0.1) is 2.88 Å². The second kappa shape index (κ2) is 5.31. The molecule has 1 aromatic heterocycles. The Balaban J connectivity index is 1.95. The largest absolute Gasteiger partial charge is 0.487 e. The summed E-state index contributed by atoms with van der Waals surface area (Å²) in [4.78, 5) is 0. The van der Waals surface area contributed by atoms with Gasteiger partial charge in [0, 0.05) is 6.42 Å². The Bertz CT molecular complexity index is 635. The smallest absolute Gasteiger partial charge is 0.123 e. The Kier molecular flexibility index (Phi) is 3.81. The Morgan fingerprint density at radius 3 is 2.75 bits per heavy atom. The molecule has 2 nitrogen and oxygen atoms in total. The fourth-order valence-electron chi connectivity index (χ4n) is 2.81. The fraction of sp³-hybridized carbons (Fsp3) is 0.375. The van der Waals surface area contributed by atoms with E-state index < -0.39 is 0 Å². The van der Waals surface area contributed by atoms with Crippen molar-refractivity contribution in [3.63, 3.8) is 0 Å². The molecule has 1 N–H and O–H groups in total. The Hall–Kier alpha value is -0.590. The summed E-state index contributed by atoms with van der Waals surface area (Å²) in [6.07, 6.45) is 0.980. The molecule has 0 fully saturated rings. The van der Waals surface area contributed by atoms with Gasteiger partial charge in [-0.3, -0.25) is 0 Å². The molecule has 0 amide bonds. The predicted molar refractivity (Wildman–Crippen MR) is 92.8 cm³/mol. The minimum Gasteiger partial charge on any atom is -0.487 e. The molecule has 0 spiro atoms. The van der Waals surface area contributed by atoms with Crippen LogP contribution >= 0.6 is 33.9 Å². The number of hydrogen-bond acceptors (Lipinski definition) is 3. The average molecular weight is 399 g/mol. The van der Waals surface area contributed by atoms with Crippen molar-refractivity contribution < 1.29 is 4.74 Å². The minimum atomic E-state index is -0.0755. The van der Waals surface area contributed by atoms with Crippen molar-refractivity contribution in [1.82, 2.24) is 5.32 Å². The molecule has 3 rings (SSSR count). The van der Waals surface area contributed by atoms with Crippen LogP contribution in [-0.4, -0.2) is 12.6 Å². The van der Waals surface area contributed by atoms with Crippen molar-refractivity contribution in [2.24, 2.45) is 0 Å². The number of thiophene rings is 1. The molecule has 0 radical (unpaired) electrons. The van der Waals surface area contributed by atoms with Crippen LogP contribution < -0.4 is 10.1 Å². The predicted octanol–water partition coefficient (Wildman–Crippen LogP) is 4.38. The molecule has 0 bridgehead atoms. The van der Waals surface area contributed by atoms with E-state index in [2.05, 4.69) is 71.4 Å². The highest BCUT2D eigenvalue weighted by Gasteiger charge is 2.30. The van der Waals surface area contributed by atoms with E-state index in [4.69, 9.17) is 4.74 Å². The highest BCUT2D eigenvalue weighted by atomic mass is 127. The number of hydrogen-bond donors (Lipinski definition) is 1. The summed E-state index contributed by atoms with van der Waals surface area (Å²) in [5.41, 5.74) is 3.88. The van der Waals surface area contributed by atoms with Crippen LogP contribution in [0.4, 0.5) is 0 Å². The van der Waals surface area contributed by atoms with Crippen LogP contribution in [0.5, 0.6) is 5.75 Å². The van der Waals surface area contributed by atoms with Crippen LogP contribution in [0.15, 0.2) is 29.6 Å². The van der Waals surface area contributed by atoms with E-state index in [9.17, 15) is 0 Å². The summed E-state index contributed by atoms with van der Waals surface area (Å²) in [5.74, 6) is 1.04. The minimum absolute atomic E-state index is 0.0755. The second-order valence-electron chi connectivity index (χ2n) is 5.81. The molecule has 1 unspecified atom stereocenters. The Morgan fingerprint density at radius 1 is 1.30 bits per heavy atom. The third-order valence-electron chi connectivity index (χ3n) is 3.63. The standard InChI is InChI=1S/C16H18INOS/c1-16(2)8-11-6-10(4-5-13(11)19-16)15(18-3)12-7-14(17)20-9-12/h4-7,9,15,18H,8H2,1-3H3. The van der Waals surface area contributed by atoms with Crippen molar-refractivity contribution in [3.05, 3.63) is 49.2 Å². The van der Waals surface area contributed by atoms with Gasteiger partial charge in [-0.1, -0.05) is 12.1 Å². The molecule has 1 aromatic carbocycles. The highest BCUT2D eigenvalue weighted by Crippen LogP contribution is 2.37. The maximum Gasteiger partial charge on any atom is 0.123 e. The lowest BCUT2D eigenvalue weighted by Gasteiger charge is -2.17. The molecule has 20 heavy (non-hydrogen) atoms. The molecule has 2 heterocycles. The fourth-order valence-corrected chi connectivity index (χ4v) is 4.21. The van der Waals surface area contributed by atoms with Gasteiger partial charge in [0.05, 0.1) is 8.93 Å². The lowest BCUT2D eigenvalue weighted by molar-refractivity contribution is 0.138. The molecule has 106 valence electrons. The van der Waals surface area contributed by atoms with Crippen LogP contribution in [0.1, 0.15) is 36.6 Å². The van der Waals surface area contributed by atoms with E-state index in [-0.39, 0.29) is 11.6 Å². The number of benzene rings is 1. The van der Waals surface area contributed by atoms with E-state index in [0.29, 0.717) is 0 Å². The Labute approximate surface area is 137 Å². The summed E-state index contributed by atoms with van der Waals surface area (Å²) in [7, 11) is 2.02. The molecule has 1 atom stereocenters. The van der Waals surface area contributed by atoms with E-state index in [0.717, 1.165) is 12.2 Å². The maximum atomic E-state index is 5.95. The summed E-state index contributed by atoms with van der Waals surface area (Å²) in [6.45, 7) is 4.28. The zero-order valence-corrected chi connectivity index (χ0v) is 14.8. The molecular formula is C16H18INOS. The molecule has 2 aromatic rings. The number of ether oxygens (including phenoxy) is 1. The van der Waals surface area contributed by atoms with Gasteiger partial charge < -0.3 is 10.1 Å². The van der Waals surface area contributed by atoms with Crippen LogP contribution in [0.2, 0.25) is 0 Å². The Morgan fingerprint density at radius 2 is 2.10 bits per heavy atom. The normalized spacial score (nSPS) is 17.6. The zero-order valence-electron chi connectivity index (χ0n) is 11.9. The molecule has 0 saturated carbocycles. The van der Waals surface area contributed by atoms with Gasteiger partial charge in [-0.05, 0) is 77.7 Å². The molecule has 1 aliphatic rings.